The summed E-state index contributed by atoms with van der Waals surface area (Å²) in [6, 6.07) is 11.1. The number of alkyl halides is 1. The Hall–Kier alpha value is -0.0500. The molecule has 0 aliphatic heterocycles. The van der Waals surface area contributed by atoms with E-state index in [1.165, 1.54) is 49.4 Å². The molecule has 96 valence electrons. The summed E-state index contributed by atoms with van der Waals surface area (Å²) >= 11 is 2.50. The molecule has 0 saturated carbocycles. The molecule has 1 atom stereocenters. The van der Waals surface area contributed by atoms with Crippen molar-refractivity contribution in [1.29, 1.82) is 0 Å². The van der Waals surface area contributed by atoms with Gasteiger partial charge in [-0.25, -0.2) is 0 Å². The molecule has 0 nitrogen and oxygen atoms in total. The lowest BCUT2D eigenvalue weighted by Gasteiger charge is -2.16. The van der Waals surface area contributed by atoms with E-state index in [9.17, 15) is 0 Å². The first kappa shape index (κ1) is 15.0. The van der Waals surface area contributed by atoms with Crippen LogP contribution in [0.15, 0.2) is 30.3 Å². The fourth-order valence-electron chi connectivity index (χ4n) is 2.33. The lowest BCUT2D eigenvalue weighted by Crippen LogP contribution is -1.99. The smallest absolute Gasteiger partial charge is 0.000109 e. The van der Waals surface area contributed by atoms with Crippen LogP contribution < -0.4 is 0 Å². The number of halogens is 1. The Morgan fingerprint density at radius 1 is 0.941 bits per heavy atom. The van der Waals surface area contributed by atoms with Crippen molar-refractivity contribution in [3.05, 3.63) is 35.9 Å². The number of benzene rings is 1. The van der Waals surface area contributed by atoms with E-state index in [4.69, 9.17) is 0 Å². The number of rotatable bonds is 9. The highest BCUT2D eigenvalue weighted by molar-refractivity contribution is 14.1. The molecular formula is C16H25I. The number of hydrogen-bond donors (Lipinski definition) is 0. The SMILES string of the molecule is CCCCCCCC(CCI)c1ccccc1. The van der Waals surface area contributed by atoms with Crippen molar-refractivity contribution >= 4 is 22.6 Å². The van der Waals surface area contributed by atoms with Crippen molar-refractivity contribution < 1.29 is 0 Å². The average Bonchev–Trinajstić information content (AvgIpc) is 2.38. The molecule has 0 spiro atoms. The molecule has 0 N–H and O–H groups in total. The minimum atomic E-state index is 0.787. The van der Waals surface area contributed by atoms with Crippen LogP contribution in [0.4, 0.5) is 0 Å². The molecule has 0 saturated heterocycles. The average molecular weight is 344 g/mol. The van der Waals surface area contributed by atoms with Crippen molar-refractivity contribution in [3.8, 4) is 0 Å². The summed E-state index contributed by atoms with van der Waals surface area (Å²) in [5.74, 6) is 0.787. The molecule has 1 rings (SSSR count). The second kappa shape index (κ2) is 9.93. The molecule has 17 heavy (non-hydrogen) atoms. The molecule has 1 aromatic rings. The van der Waals surface area contributed by atoms with Crippen molar-refractivity contribution in [2.24, 2.45) is 0 Å². The van der Waals surface area contributed by atoms with Gasteiger partial charge >= 0.3 is 0 Å². The number of hydrogen-bond acceptors (Lipinski definition) is 0. The van der Waals surface area contributed by atoms with E-state index >= 15 is 0 Å². The largest absolute Gasteiger partial charge is 0.0864 e. The van der Waals surface area contributed by atoms with Crippen LogP contribution in [0.2, 0.25) is 0 Å². The molecule has 1 heteroatoms. The Bertz CT molecular complexity index is 268. The van der Waals surface area contributed by atoms with E-state index < -0.39 is 0 Å². The summed E-state index contributed by atoms with van der Waals surface area (Å²) in [6.07, 6.45) is 9.68. The second-order valence-corrected chi connectivity index (χ2v) is 5.87. The highest BCUT2D eigenvalue weighted by Gasteiger charge is 2.09. The summed E-state index contributed by atoms with van der Waals surface area (Å²) in [6.45, 7) is 2.28. The normalized spacial score (nSPS) is 12.6. The first-order chi connectivity index (χ1) is 8.38. The van der Waals surface area contributed by atoms with Gasteiger partial charge in [0.05, 0.1) is 0 Å². The van der Waals surface area contributed by atoms with Crippen LogP contribution in [0.25, 0.3) is 0 Å². The third kappa shape index (κ3) is 6.44. The second-order valence-electron chi connectivity index (χ2n) is 4.79. The summed E-state index contributed by atoms with van der Waals surface area (Å²) in [5.41, 5.74) is 1.54. The standard InChI is InChI=1S/C16H25I/c1-2-3-4-5-7-12-16(13-14-17)15-10-8-6-9-11-15/h6,8-11,16H,2-5,7,12-14H2,1H3. The van der Waals surface area contributed by atoms with Crippen LogP contribution in [-0.2, 0) is 0 Å². The number of unbranched alkanes of at least 4 members (excludes halogenated alkanes) is 4. The van der Waals surface area contributed by atoms with Crippen LogP contribution in [0.3, 0.4) is 0 Å². The third-order valence-corrected chi connectivity index (χ3v) is 4.01. The van der Waals surface area contributed by atoms with Crippen LogP contribution in [-0.4, -0.2) is 4.43 Å². The van der Waals surface area contributed by atoms with Crippen molar-refractivity contribution in [2.45, 2.75) is 57.8 Å². The highest BCUT2D eigenvalue weighted by atomic mass is 127. The van der Waals surface area contributed by atoms with Gasteiger partial charge in [0.1, 0.15) is 0 Å². The van der Waals surface area contributed by atoms with E-state index in [0.717, 1.165) is 5.92 Å². The molecule has 1 aromatic carbocycles. The first-order valence-electron chi connectivity index (χ1n) is 6.99. The van der Waals surface area contributed by atoms with Crippen LogP contribution in [0.1, 0.15) is 63.4 Å². The minimum absolute atomic E-state index is 0.787. The first-order valence-corrected chi connectivity index (χ1v) is 8.52. The van der Waals surface area contributed by atoms with Gasteiger partial charge in [0.25, 0.3) is 0 Å². The fraction of sp³-hybridized carbons (Fsp3) is 0.625. The van der Waals surface area contributed by atoms with E-state index in [1.54, 1.807) is 5.56 Å². The van der Waals surface area contributed by atoms with Gasteiger partial charge in [-0.05, 0) is 24.3 Å². The molecule has 0 bridgehead atoms. The lowest BCUT2D eigenvalue weighted by atomic mass is 9.91. The third-order valence-electron chi connectivity index (χ3n) is 3.38. The fourth-order valence-corrected chi connectivity index (χ4v) is 3.08. The van der Waals surface area contributed by atoms with Gasteiger partial charge in [-0.15, -0.1) is 0 Å². The monoisotopic (exact) mass is 344 g/mol. The van der Waals surface area contributed by atoms with Gasteiger partial charge in [-0.1, -0.05) is 92.0 Å². The summed E-state index contributed by atoms with van der Waals surface area (Å²) < 4.78 is 1.27. The molecule has 0 amide bonds. The van der Waals surface area contributed by atoms with Crippen LogP contribution in [0, 0.1) is 0 Å². The molecule has 0 aromatic heterocycles. The zero-order valence-corrected chi connectivity index (χ0v) is 13.2. The zero-order chi connectivity index (χ0) is 12.3. The Labute approximate surface area is 120 Å². The van der Waals surface area contributed by atoms with Gasteiger partial charge in [0.15, 0.2) is 0 Å². The van der Waals surface area contributed by atoms with Crippen molar-refractivity contribution in [2.75, 3.05) is 4.43 Å². The van der Waals surface area contributed by atoms with Gasteiger partial charge in [-0.2, -0.15) is 0 Å². The van der Waals surface area contributed by atoms with E-state index in [-0.39, 0.29) is 0 Å². The van der Waals surface area contributed by atoms with Crippen molar-refractivity contribution in [3.63, 3.8) is 0 Å². The molecule has 0 heterocycles. The van der Waals surface area contributed by atoms with Gasteiger partial charge in [-0.3, -0.25) is 0 Å². The maximum absolute atomic E-state index is 2.50. The molecule has 1 unspecified atom stereocenters. The van der Waals surface area contributed by atoms with Gasteiger partial charge in [0, 0.05) is 4.43 Å². The molecule has 0 radical (unpaired) electrons. The lowest BCUT2D eigenvalue weighted by molar-refractivity contribution is 0.539. The predicted octanol–water partition coefficient (Wildman–Crippen LogP) is 5.96. The predicted molar refractivity (Wildman–Crippen MR) is 86.1 cm³/mol. The topological polar surface area (TPSA) is 0 Å². The van der Waals surface area contributed by atoms with E-state index in [2.05, 4.69) is 59.8 Å². The van der Waals surface area contributed by atoms with E-state index in [1.807, 2.05) is 0 Å². The van der Waals surface area contributed by atoms with Gasteiger partial charge < -0.3 is 0 Å². The van der Waals surface area contributed by atoms with Gasteiger partial charge in [0.2, 0.25) is 0 Å². The maximum atomic E-state index is 2.50. The molecule has 0 aliphatic carbocycles. The molecule has 0 aliphatic rings. The highest BCUT2D eigenvalue weighted by Crippen LogP contribution is 2.26. The Kier molecular flexibility index (Phi) is 8.76. The van der Waals surface area contributed by atoms with Crippen LogP contribution in [0.5, 0.6) is 0 Å². The zero-order valence-electron chi connectivity index (χ0n) is 11.0. The summed E-state index contributed by atoms with van der Waals surface area (Å²) in [4.78, 5) is 0. The Morgan fingerprint density at radius 2 is 1.65 bits per heavy atom. The van der Waals surface area contributed by atoms with E-state index in [0.29, 0.717) is 0 Å². The Balaban J connectivity index is 2.33. The minimum Gasteiger partial charge on any atom is -0.0864 e. The quantitative estimate of drug-likeness (QED) is 0.295. The van der Waals surface area contributed by atoms with Crippen molar-refractivity contribution in [1.82, 2.24) is 0 Å². The molecule has 0 fully saturated rings. The van der Waals surface area contributed by atoms with Crippen LogP contribution >= 0.6 is 22.6 Å². The summed E-state index contributed by atoms with van der Waals surface area (Å²) in [5, 5.41) is 0. The summed E-state index contributed by atoms with van der Waals surface area (Å²) in [7, 11) is 0. The maximum Gasteiger partial charge on any atom is 0.000109 e. The Morgan fingerprint density at radius 3 is 2.29 bits per heavy atom. The molecular weight excluding hydrogens is 319 g/mol.